The molecule has 1 amide bonds. The van der Waals surface area contributed by atoms with Crippen molar-refractivity contribution in [3.8, 4) is 0 Å². The number of nitrogens with one attached hydrogen (secondary N) is 2. The minimum Gasteiger partial charge on any atom is -0.355 e. The van der Waals surface area contributed by atoms with E-state index in [1.54, 1.807) is 17.8 Å². The van der Waals surface area contributed by atoms with E-state index < -0.39 is 0 Å². The summed E-state index contributed by atoms with van der Waals surface area (Å²) < 4.78 is 13.6. The molecule has 98 valence electrons. The Bertz CT molecular complexity index is 439. The molecular weight excluding hydrogens is 251 g/mol. The molecule has 1 aliphatic heterocycles. The first-order valence-corrected chi connectivity index (χ1v) is 7.12. The summed E-state index contributed by atoms with van der Waals surface area (Å²) in [6, 6.07) is 5.21. The summed E-state index contributed by atoms with van der Waals surface area (Å²) in [5.74, 6) is 0.691. The Kier molecular flexibility index (Phi) is 4.60. The highest BCUT2D eigenvalue weighted by Gasteiger charge is 2.22. The maximum absolute atomic E-state index is 13.6. The monoisotopic (exact) mass is 268 g/mol. The number of likely N-dealkylation sites (N-methyl/N-ethyl adjacent to an activating group) is 1. The van der Waals surface area contributed by atoms with E-state index in [2.05, 4.69) is 10.6 Å². The Hall–Kier alpha value is -1.07. The fourth-order valence-electron chi connectivity index (χ4n) is 2.07. The summed E-state index contributed by atoms with van der Waals surface area (Å²) >= 11 is 1.55. The van der Waals surface area contributed by atoms with E-state index in [0.29, 0.717) is 6.54 Å². The Morgan fingerprint density at radius 2 is 2.39 bits per heavy atom. The third kappa shape index (κ3) is 3.03. The minimum atomic E-state index is -0.165. The third-order valence-electron chi connectivity index (χ3n) is 2.91. The first-order valence-electron chi connectivity index (χ1n) is 6.13. The number of carbonyl (C=O) groups excluding carboxylic acids is 1. The van der Waals surface area contributed by atoms with E-state index in [9.17, 15) is 9.18 Å². The van der Waals surface area contributed by atoms with Crippen LogP contribution in [-0.4, -0.2) is 24.7 Å². The number of thioether (sulfide) groups is 1. The van der Waals surface area contributed by atoms with Crippen LogP contribution in [0.2, 0.25) is 0 Å². The van der Waals surface area contributed by atoms with Crippen LogP contribution in [0.25, 0.3) is 0 Å². The van der Waals surface area contributed by atoms with Gasteiger partial charge in [-0.25, -0.2) is 4.39 Å². The molecule has 1 unspecified atom stereocenters. The van der Waals surface area contributed by atoms with Crippen molar-refractivity contribution >= 4 is 17.7 Å². The van der Waals surface area contributed by atoms with Gasteiger partial charge in [0, 0.05) is 17.5 Å². The van der Waals surface area contributed by atoms with Gasteiger partial charge in [-0.2, -0.15) is 0 Å². The quantitative estimate of drug-likeness (QED) is 0.878. The predicted octanol–water partition coefficient (Wildman–Crippen LogP) is 2.09. The average molecular weight is 268 g/mol. The largest absolute Gasteiger partial charge is 0.355 e. The zero-order valence-electron chi connectivity index (χ0n) is 10.3. The molecule has 0 bridgehead atoms. The molecule has 0 saturated carbocycles. The summed E-state index contributed by atoms with van der Waals surface area (Å²) in [4.78, 5) is 12.1. The molecule has 1 aromatic carbocycles. The average Bonchev–Trinajstić information content (AvgIpc) is 2.37. The molecule has 0 spiro atoms. The van der Waals surface area contributed by atoms with E-state index in [4.69, 9.17) is 0 Å². The first kappa shape index (κ1) is 13.4. The second kappa shape index (κ2) is 6.20. The summed E-state index contributed by atoms with van der Waals surface area (Å²) in [6.45, 7) is 2.80. The number of fused-ring (bicyclic) bond motifs is 1. The standard InChI is InChI=1S/C13H17FN2OS/c1-2-15-12(17)8-16-11-6-7-18-13-9(11)4-3-5-10(13)14/h3-5,11,16H,2,6-8H2,1H3,(H,15,17). The van der Waals surface area contributed by atoms with Crippen molar-refractivity contribution in [3.63, 3.8) is 0 Å². The van der Waals surface area contributed by atoms with Crippen molar-refractivity contribution in [1.29, 1.82) is 0 Å². The maximum Gasteiger partial charge on any atom is 0.233 e. The lowest BCUT2D eigenvalue weighted by Gasteiger charge is -2.26. The summed E-state index contributed by atoms with van der Waals surface area (Å²) in [5, 5.41) is 5.94. The molecule has 1 aliphatic rings. The Labute approximate surface area is 111 Å². The van der Waals surface area contributed by atoms with Gasteiger partial charge in [-0.3, -0.25) is 4.79 Å². The van der Waals surface area contributed by atoms with E-state index in [-0.39, 0.29) is 24.3 Å². The summed E-state index contributed by atoms with van der Waals surface area (Å²) in [6.07, 6.45) is 0.917. The number of halogens is 1. The van der Waals surface area contributed by atoms with E-state index in [0.717, 1.165) is 22.6 Å². The highest BCUT2D eigenvalue weighted by Crippen LogP contribution is 2.37. The molecule has 18 heavy (non-hydrogen) atoms. The van der Waals surface area contributed by atoms with Gasteiger partial charge in [0.05, 0.1) is 6.54 Å². The Morgan fingerprint density at radius 3 is 3.17 bits per heavy atom. The second-order valence-corrected chi connectivity index (χ2v) is 5.29. The highest BCUT2D eigenvalue weighted by molar-refractivity contribution is 7.99. The van der Waals surface area contributed by atoms with Crippen LogP contribution < -0.4 is 10.6 Å². The number of benzene rings is 1. The fraction of sp³-hybridized carbons (Fsp3) is 0.462. The van der Waals surface area contributed by atoms with E-state index >= 15 is 0 Å². The van der Waals surface area contributed by atoms with E-state index in [1.165, 1.54) is 6.07 Å². The van der Waals surface area contributed by atoms with Gasteiger partial charge in [-0.1, -0.05) is 12.1 Å². The Balaban J connectivity index is 2.04. The molecule has 1 atom stereocenters. The number of hydrogen-bond donors (Lipinski definition) is 2. The SMILES string of the molecule is CCNC(=O)CNC1CCSc2c(F)cccc21. The molecule has 1 aromatic rings. The second-order valence-electron chi connectivity index (χ2n) is 4.18. The molecule has 2 rings (SSSR count). The van der Waals surface area contributed by atoms with E-state index in [1.807, 2.05) is 13.0 Å². The minimum absolute atomic E-state index is 0.0197. The molecule has 1 heterocycles. The van der Waals surface area contributed by atoms with Gasteiger partial charge in [0.1, 0.15) is 5.82 Å². The number of amides is 1. The lowest BCUT2D eigenvalue weighted by Crippen LogP contribution is -2.36. The topological polar surface area (TPSA) is 41.1 Å². The maximum atomic E-state index is 13.6. The molecule has 3 nitrogen and oxygen atoms in total. The first-order chi connectivity index (χ1) is 8.72. The van der Waals surface area contributed by atoms with Crippen LogP contribution >= 0.6 is 11.8 Å². The van der Waals surface area contributed by atoms with Crippen molar-refractivity contribution in [2.75, 3.05) is 18.8 Å². The van der Waals surface area contributed by atoms with Gasteiger partial charge < -0.3 is 10.6 Å². The summed E-state index contributed by atoms with van der Waals surface area (Å²) in [5.41, 5.74) is 0.968. The van der Waals surface area contributed by atoms with Gasteiger partial charge in [-0.15, -0.1) is 11.8 Å². The van der Waals surface area contributed by atoms with Gasteiger partial charge in [-0.05, 0) is 30.7 Å². The van der Waals surface area contributed by atoms with Crippen LogP contribution in [0.4, 0.5) is 4.39 Å². The molecule has 0 saturated heterocycles. The van der Waals surface area contributed by atoms with Crippen molar-refractivity contribution in [2.45, 2.75) is 24.3 Å². The fourth-order valence-corrected chi connectivity index (χ4v) is 3.21. The van der Waals surface area contributed by atoms with Crippen LogP contribution in [0.1, 0.15) is 24.9 Å². The third-order valence-corrected chi connectivity index (χ3v) is 4.07. The van der Waals surface area contributed by atoms with Crippen LogP contribution in [0, 0.1) is 5.82 Å². The molecule has 5 heteroatoms. The van der Waals surface area contributed by atoms with Gasteiger partial charge in [0.25, 0.3) is 0 Å². The number of hydrogen-bond acceptors (Lipinski definition) is 3. The molecule has 2 N–H and O–H groups in total. The Morgan fingerprint density at radius 1 is 1.56 bits per heavy atom. The highest BCUT2D eigenvalue weighted by atomic mass is 32.2. The van der Waals surface area contributed by atoms with Crippen molar-refractivity contribution in [1.82, 2.24) is 10.6 Å². The molecule has 0 aromatic heterocycles. The van der Waals surface area contributed by atoms with Crippen LogP contribution in [0.3, 0.4) is 0 Å². The molecule has 0 aliphatic carbocycles. The van der Waals surface area contributed by atoms with Crippen molar-refractivity contribution in [2.24, 2.45) is 0 Å². The smallest absolute Gasteiger partial charge is 0.233 e. The molecular formula is C13H17FN2OS. The predicted molar refractivity (Wildman–Crippen MR) is 71.2 cm³/mol. The van der Waals surface area contributed by atoms with Crippen LogP contribution in [0.15, 0.2) is 23.1 Å². The van der Waals surface area contributed by atoms with Gasteiger partial charge in [0.15, 0.2) is 0 Å². The summed E-state index contributed by atoms with van der Waals surface area (Å²) in [7, 11) is 0. The van der Waals surface area contributed by atoms with Crippen molar-refractivity contribution < 1.29 is 9.18 Å². The molecule has 0 radical (unpaired) electrons. The number of rotatable bonds is 4. The lowest BCUT2D eigenvalue weighted by molar-refractivity contribution is -0.120. The van der Waals surface area contributed by atoms with Crippen LogP contribution in [-0.2, 0) is 4.79 Å². The van der Waals surface area contributed by atoms with Gasteiger partial charge in [0.2, 0.25) is 5.91 Å². The molecule has 0 fully saturated rings. The lowest BCUT2D eigenvalue weighted by atomic mass is 10.0. The zero-order valence-corrected chi connectivity index (χ0v) is 11.1. The normalized spacial score (nSPS) is 18.2. The van der Waals surface area contributed by atoms with Crippen LogP contribution in [0.5, 0.6) is 0 Å². The number of carbonyl (C=O) groups is 1. The van der Waals surface area contributed by atoms with Crippen molar-refractivity contribution in [3.05, 3.63) is 29.6 Å². The zero-order chi connectivity index (χ0) is 13.0. The van der Waals surface area contributed by atoms with Gasteiger partial charge >= 0.3 is 0 Å².